The molecule has 0 aromatic rings. The van der Waals surface area contributed by atoms with Crippen LogP contribution in [0.1, 0.15) is 40.5 Å². The van der Waals surface area contributed by atoms with Gasteiger partial charge < -0.3 is 0 Å². The lowest BCUT2D eigenvalue weighted by Crippen LogP contribution is -2.51. The molecule has 1 rings (SSSR count). The van der Waals surface area contributed by atoms with E-state index in [-0.39, 0.29) is 11.1 Å². The van der Waals surface area contributed by atoms with Crippen molar-refractivity contribution >= 4 is 11.6 Å². The lowest BCUT2D eigenvalue weighted by Gasteiger charge is -2.44. The monoisotopic (exact) mass is 241 g/mol. The summed E-state index contributed by atoms with van der Waals surface area (Å²) in [6, 6.07) is 0. The fraction of sp³-hybridized carbons (Fsp3) is 0.714. The van der Waals surface area contributed by atoms with Crippen molar-refractivity contribution < 1.29 is 0 Å². The third-order valence-electron chi connectivity index (χ3n) is 3.29. The molecule has 1 aliphatic rings. The lowest BCUT2D eigenvalue weighted by molar-refractivity contribution is 0.0563. The smallest absolute Gasteiger partial charge is 0.0431 e. The van der Waals surface area contributed by atoms with Crippen LogP contribution >= 0.6 is 11.6 Å². The van der Waals surface area contributed by atoms with Crippen LogP contribution in [0.4, 0.5) is 0 Å². The van der Waals surface area contributed by atoms with Gasteiger partial charge in [-0.15, -0.1) is 11.6 Å². The Kier molecular flexibility index (Phi) is 3.91. The molecular weight excluding hydrogens is 218 g/mol. The highest BCUT2D eigenvalue weighted by atomic mass is 35.5. The van der Waals surface area contributed by atoms with Gasteiger partial charge in [-0.3, -0.25) is 4.90 Å². The minimum Gasteiger partial charge on any atom is -0.289 e. The molecule has 0 amide bonds. The van der Waals surface area contributed by atoms with Crippen LogP contribution in [-0.2, 0) is 0 Å². The third kappa shape index (κ3) is 2.89. The zero-order chi connectivity index (χ0) is 12.6. The molecule has 0 spiro atoms. The third-order valence-corrected chi connectivity index (χ3v) is 3.67. The summed E-state index contributed by atoms with van der Waals surface area (Å²) < 4.78 is 0. The lowest BCUT2D eigenvalue weighted by atomic mass is 9.87. The van der Waals surface area contributed by atoms with Crippen LogP contribution in [0.2, 0.25) is 0 Å². The van der Waals surface area contributed by atoms with Crippen LogP contribution in [-0.4, -0.2) is 28.4 Å². The van der Waals surface area contributed by atoms with Crippen LogP contribution in [0.5, 0.6) is 0 Å². The van der Waals surface area contributed by atoms with Crippen molar-refractivity contribution in [3.63, 3.8) is 0 Å². The number of hydrogen-bond acceptors (Lipinski definition) is 1. The summed E-state index contributed by atoms with van der Waals surface area (Å²) >= 11 is 5.85. The van der Waals surface area contributed by atoms with E-state index in [0.29, 0.717) is 5.88 Å². The Morgan fingerprint density at radius 3 is 2.50 bits per heavy atom. The SMILES string of the molecule is C=C(CCl)CC1(C)CC(=C)CN1C(C)(C)C. The van der Waals surface area contributed by atoms with Gasteiger partial charge >= 0.3 is 0 Å². The predicted molar refractivity (Wildman–Crippen MR) is 73.1 cm³/mol. The summed E-state index contributed by atoms with van der Waals surface area (Å²) in [4.78, 5) is 2.53. The highest BCUT2D eigenvalue weighted by molar-refractivity contribution is 6.19. The molecule has 1 saturated heterocycles. The van der Waals surface area contributed by atoms with Gasteiger partial charge in [0, 0.05) is 23.5 Å². The molecule has 0 radical (unpaired) electrons. The molecule has 0 aromatic heterocycles. The Balaban J connectivity index is 2.91. The van der Waals surface area contributed by atoms with E-state index >= 15 is 0 Å². The number of rotatable bonds is 3. The van der Waals surface area contributed by atoms with E-state index in [1.54, 1.807) is 0 Å². The van der Waals surface area contributed by atoms with Gasteiger partial charge in [0.15, 0.2) is 0 Å². The first-order valence-corrected chi connectivity index (χ1v) is 6.39. The number of nitrogens with zero attached hydrogens (tertiary/aromatic N) is 1. The van der Waals surface area contributed by atoms with Crippen molar-refractivity contribution in [3.05, 3.63) is 24.3 Å². The van der Waals surface area contributed by atoms with Crippen molar-refractivity contribution in [3.8, 4) is 0 Å². The van der Waals surface area contributed by atoms with Crippen LogP contribution in [0, 0.1) is 0 Å². The molecule has 0 aromatic carbocycles. The van der Waals surface area contributed by atoms with Gasteiger partial charge in [-0.1, -0.05) is 24.3 Å². The van der Waals surface area contributed by atoms with Gasteiger partial charge in [-0.2, -0.15) is 0 Å². The first-order valence-electron chi connectivity index (χ1n) is 5.86. The Labute approximate surface area is 105 Å². The van der Waals surface area contributed by atoms with Crippen LogP contribution < -0.4 is 0 Å². The molecule has 1 aliphatic heterocycles. The predicted octanol–water partition coefficient (Wildman–Crippen LogP) is 3.99. The number of halogens is 1. The molecule has 1 fully saturated rings. The van der Waals surface area contributed by atoms with Crippen molar-refractivity contribution in [2.75, 3.05) is 12.4 Å². The second kappa shape index (κ2) is 4.54. The van der Waals surface area contributed by atoms with Crippen molar-refractivity contribution in [1.82, 2.24) is 4.90 Å². The molecule has 0 saturated carbocycles. The summed E-state index contributed by atoms with van der Waals surface area (Å²) in [5.41, 5.74) is 2.75. The molecule has 92 valence electrons. The minimum atomic E-state index is 0.140. The van der Waals surface area contributed by atoms with E-state index in [2.05, 4.69) is 45.8 Å². The topological polar surface area (TPSA) is 3.24 Å². The van der Waals surface area contributed by atoms with E-state index < -0.39 is 0 Å². The molecular formula is C14H24ClN. The van der Waals surface area contributed by atoms with E-state index in [4.69, 9.17) is 11.6 Å². The Morgan fingerprint density at radius 1 is 1.50 bits per heavy atom. The summed E-state index contributed by atoms with van der Waals surface area (Å²) in [6.45, 7) is 18.2. The van der Waals surface area contributed by atoms with E-state index in [9.17, 15) is 0 Å². The van der Waals surface area contributed by atoms with Gasteiger partial charge in [0.1, 0.15) is 0 Å². The van der Waals surface area contributed by atoms with Gasteiger partial charge in [-0.05, 0) is 40.5 Å². The molecule has 0 N–H and O–H groups in total. The first-order chi connectivity index (χ1) is 7.19. The zero-order valence-electron chi connectivity index (χ0n) is 11.1. The zero-order valence-corrected chi connectivity index (χ0v) is 11.8. The quantitative estimate of drug-likeness (QED) is 0.534. The number of hydrogen-bond donors (Lipinski definition) is 0. The molecule has 1 atom stereocenters. The summed E-state index contributed by atoms with van der Waals surface area (Å²) in [5.74, 6) is 0.556. The Morgan fingerprint density at radius 2 is 2.06 bits per heavy atom. The Bertz CT molecular complexity index is 300. The van der Waals surface area contributed by atoms with Crippen LogP contribution in [0.15, 0.2) is 24.3 Å². The van der Waals surface area contributed by atoms with Crippen LogP contribution in [0.3, 0.4) is 0 Å². The molecule has 16 heavy (non-hydrogen) atoms. The normalized spacial score (nSPS) is 27.4. The average Bonchev–Trinajstić information content (AvgIpc) is 2.40. The molecule has 1 nitrogen and oxygen atoms in total. The van der Waals surface area contributed by atoms with Gasteiger partial charge in [0.25, 0.3) is 0 Å². The maximum absolute atomic E-state index is 5.85. The van der Waals surface area contributed by atoms with E-state index in [0.717, 1.165) is 25.0 Å². The first kappa shape index (κ1) is 13.8. The van der Waals surface area contributed by atoms with Crippen molar-refractivity contribution in [2.45, 2.75) is 51.6 Å². The van der Waals surface area contributed by atoms with E-state index in [1.807, 2.05) is 0 Å². The van der Waals surface area contributed by atoms with Gasteiger partial charge in [-0.25, -0.2) is 0 Å². The van der Waals surface area contributed by atoms with Gasteiger partial charge in [0.05, 0.1) is 0 Å². The Hall–Kier alpha value is -0.270. The minimum absolute atomic E-state index is 0.140. The van der Waals surface area contributed by atoms with Crippen LogP contribution in [0.25, 0.3) is 0 Å². The summed E-state index contributed by atoms with van der Waals surface area (Å²) in [7, 11) is 0. The summed E-state index contributed by atoms with van der Waals surface area (Å²) in [6.07, 6.45) is 2.02. The maximum Gasteiger partial charge on any atom is 0.0431 e. The average molecular weight is 242 g/mol. The number of alkyl halides is 1. The molecule has 1 heterocycles. The standard InChI is InChI=1S/C14H24ClN/c1-11(9-15)7-14(6)8-12(2)10-16(14)13(3,4)5/h1-2,7-10H2,3-6H3. The molecule has 1 unspecified atom stereocenters. The van der Waals surface area contributed by atoms with E-state index in [1.165, 1.54) is 5.57 Å². The highest BCUT2D eigenvalue weighted by Gasteiger charge is 2.43. The van der Waals surface area contributed by atoms with Crippen molar-refractivity contribution in [2.24, 2.45) is 0 Å². The summed E-state index contributed by atoms with van der Waals surface area (Å²) in [5, 5.41) is 0. The number of likely N-dealkylation sites (tertiary alicyclic amines) is 1. The molecule has 0 aliphatic carbocycles. The fourth-order valence-corrected chi connectivity index (χ4v) is 2.99. The van der Waals surface area contributed by atoms with Gasteiger partial charge in [0.2, 0.25) is 0 Å². The van der Waals surface area contributed by atoms with Crippen molar-refractivity contribution in [1.29, 1.82) is 0 Å². The molecule has 0 bridgehead atoms. The largest absolute Gasteiger partial charge is 0.289 e. The second-order valence-corrected chi connectivity index (χ2v) is 6.51. The maximum atomic E-state index is 5.85. The molecule has 2 heteroatoms. The fourth-order valence-electron chi connectivity index (χ4n) is 2.90. The highest BCUT2D eigenvalue weighted by Crippen LogP contribution is 2.41. The second-order valence-electron chi connectivity index (χ2n) is 6.24.